The first-order valence-electron chi connectivity index (χ1n) is 4.75. The van der Waals surface area contributed by atoms with Crippen LogP contribution in [0.5, 0.6) is 0 Å². The first-order valence-corrected chi connectivity index (χ1v) is 6.76. The lowest BCUT2D eigenvalue weighted by Gasteiger charge is -2.15. The number of thiophene rings is 1. The maximum Gasteiger partial charge on any atom is 0.308 e. The van der Waals surface area contributed by atoms with Gasteiger partial charge in [-0.15, -0.1) is 11.3 Å². The number of rotatable bonds is 6. The molecule has 1 heterocycles. The molecule has 3 N–H and O–H groups in total. The standard InChI is InChI=1S/C10H13BrO4S/c11-2-1-8(12)10(15)6-3-7(16-5-6)4-9(13)14/h3,5,8,10,12,15H,1-2,4H2,(H,13,14). The fourth-order valence-corrected chi connectivity index (χ4v) is 2.66. The summed E-state index contributed by atoms with van der Waals surface area (Å²) in [6.45, 7) is 0. The number of carbonyl (C=O) groups is 1. The minimum absolute atomic E-state index is 0.0497. The number of alkyl halides is 1. The second kappa shape index (κ2) is 6.34. The van der Waals surface area contributed by atoms with Crippen LogP contribution < -0.4 is 0 Å². The number of aliphatic hydroxyl groups excluding tert-OH is 2. The minimum atomic E-state index is -0.948. The molecule has 0 spiro atoms. The van der Waals surface area contributed by atoms with Crippen molar-refractivity contribution >= 4 is 33.2 Å². The second-order valence-electron chi connectivity index (χ2n) is 3.41. The summed E-state index contributed by atoms with van der Waals surface area (Å²) in [5.41, 5.74) is 0.578. The highest BCUT2D eigenvalue weighted by Gasteiger charge is 2.19. The molecule has 1 aromatic heterocycles. The first kappa shape index (κ1) is 13.6. The highest BCUT2D eigenvalue weighted by molar-refractivity contribution is 9.09. The topological polar surface area (TPSA) is 77.8 Å². The highest BCUT2D eigenvalue weighted by atomic mass is 79.9. The molecule has 0 saturated heterocycles. The molecule has 0 aromatic carbocycles. The quantitative estimate of drug-likeness (QED) is 0.697. The van der Waals surface area contributed by atoms with Crippen molar-refractivity contribution in [2.75, 3.05) is 5.33 Å². The van der Waals surface area contributed by atoms with Gasteiger partial charge in [0.2, 0.25) is 0 Å². The summed E-state index contributed by atoms with van der Waals surface area (Å²) in [5.74, 6) is -0.899. The Hall–Kier alpha value is -0.430. The zero-order valence-electron chi connectivity index (χ0n) is 8.47. The average Bonchev–Trinajstić information content (AvgIpc) is 2.64. The third-order valence-electron chi connectivity index (χ3n) is 2.11. The molecular formula is C10H13BrO4S. The van der Waals surface area contributed by atoms with Crippen molar-refractivity contribution in [2.24, 2.45) is 0 Å². The maximum atomic E-state index is 10.5. The Morgan fingerprint density at radius 2 is 2.19 bits per heavy atom. The summed E-state index contributed by atoms with van der Waals surface area (Å²) >= 11 is 4.46. The van der Waals surface area contributed by atoms with Crippen LogP contribution >= 0.6 is 27.3 Å². The van der Waals surface area contributed by atoms with Gasteiger partial charge in [-0.25, -0.2) is 0 Å². The summed E-state index contributed by atoms with van der Waals surface area (Å²) in [7, 11) is 0. The predicted octanol–water partition coefficient (Wildman–Crippen LogP) is 1.55. The van der Waals surface area contributed by atoms with Crippen LogP contribution in [0.15, 0.2) is 11.4 Å². The predicted molar refractivity (Wildman–Crippen MR) is 65.0 cm³/mol. The average molecular weight is 309 g/mol. The van der Waals surface area contributed by atoms with E-state index in [-0.39, 0.29) is 6.42 Å². The zero-order chi connectivity index (χ0) is 12.1. The van der Waals surface area contributed by atoms with Gasteiger partial charge >= 0.3 is 5.97 Å². The number of halogens is 1. The van der Waals surface area contributed by atoms with Crippen LogP contribution in [0.3, 0.4) is 0 Å². The monoisotopic (exact) mass is 308 g/mol. The zero-order valence-corrected chi connectivity index (χ0v) is 10.9. The number of hydrogen-bond acceptors (Lipinski definition) is 4. The molecule has 0 aliphatic heterocycles. The van der Waals surface area contributed by atoms with Gasteiger partial charge in [0.25, 0.3) is 0 Å². The van der Waals surface area contributed by atoms with Gasteiger partial charge in [-0.1, -0.05) is 15.9 Å². The third kappa shape index (κ3) is 3.86. The van der Waals surface area contributed by atoms with E-state index in [1.807, 2.05) is 0 Å². The molecular weight excluding hydrogens is 296 g/mol. The van der Waals surface area contributed by atoms with E-state index in [4.69, 9.17) is 5.11 Å². The van der Waals surface area contributed by atoms with E-state index in [0.29, 0.717) is 22.2 Å². The molecule has 0 aliphatic rings. The van der Waals surface area contributed by atoms with Crippen LogP contribution in [0.4, 0.5) is 0 Å². The molecule has 0 fully saturated rings. The van der Waals surface area contributed by atoms with Gasteiger partial charge in [0.15, 0.2) is 0 Å². The van der Waals surface area contributed by atoms with Crippen molar-refractivity contribution < 1.29 is 20.1 Å². The molecule has 0 bridgehead atoms. The lowest BCUT2D eigenvalue weighted by Crippen LogP contribution is -2.18. The Morgan fingerprint density at radius 3 is 2.75 bits per heavy atom. The molecule has 0 saturated carbocycles. The van der Waals surface area contributed by atoms with E-state index in [1.54, 1.807) is 11.4 Å². The molecule has 6 heteroatoms. The van der Waals surface area contributed by atoms with Crippen molar-refractivity contribution in [3.8, 4) is 0 Å². The Balaban J connectivity index is 2.65. The van der Waals surface area contributed by atoms with Crippen LogP contribution in [0, 0.1) is 0 Å². The lowest BCUT2D eigenvalue weighted by molar-refractivity contribution is -0.136. The lowest BCUT2D eigenvalue weighted by atomic mass is 10.1. The van der Waals surface area contributed by atoms with Crippen molar-refractivity contribution in [3.63, 3.8) is 0 Å². The van der Waals surface area contributed by atoms with Crippen LogP contribution in [-0.4, -0.2) is 32.7 Å². The van der Waals surface area contributed by atoms with Crippen molar-refractivity contribution in [1.29, 1.82) is 0 Å². The molecule has 16 heavy (non-hydrogen) atoms. The van der Waals surface area contributed by atoms with E-state index < -0.39 is 18.2 Å². The summed E-state index contributed by atoms with van der Waals surface area (Å²) in [5, 5.41) is 30.2. The summed E-state index contributed by atoms with van der Waals surface area (Å²) in [6, 6.07) is 1.63. The van der Waals surface area contributed by atoms with Gasteiger partial charge in [0.1, 0.15) is 6.10 Å². The Kier molecular flexibility index (Phi) is 5.40. The largest absolute Gasteiger partial charge is 0.481 e. The molecule has 2 unspecified atom stereocenters. The van der Waals surface area contributed by atoms with E-state index in [1.165, 1.54) is 11.3 Å². The van der Waals surface area contributed by atoms with Gasteiger partial charge in [0.05, 0.1) is 12.5 Å². The van der Waals surface area contributed by atoms with Gasteiger partial charge in [-0.3, -0.25) is 4.79 Å². The minimum Gasteiger partial charge on any atom is -0.481 e. The molecule has 4 nitrogen and oxygen atoms in total. The van der Waals surface area contributed by atoms with E-state index >= 15 is 0 Å². The molecule has 0 aliphatic carbocycles. The third-order valence-corrected chi connectivity index (χ3v) is 3.52. The SMILES string of the molecule is O=C(O)Cc1cc(C(O)C(O)CCBr)cs1. The van der Waals surface area contributed by atoms with Crippen molar-refractivity contribution in [1.82, 2.24) is 0 Å². The van der Waals surface area contributed by atoms with Crippen LogP contribution in [0.1, 0.15) is 23.0 Å². The smallest absolute Gasteiger partial charge is 0.308 e. The van der Waals surface area contributed by atoms with E-state index in [2.05, 4.69) is 15.9 Å². The Morgan fingerprint density at radius 1 is 1.50 bits per heavy atom. The van der Waals surface area contributed by atoms with Gasteiger partial charge in [-0.05, 0) is 23.4 Å². The van der Waals surface area contributed by atoms with Crippen LogP contribution in [0.2, 0.25) is 0 Å². The highest BCUT2D eigenvalue weighted by Crippen LogP contribution is 2.25. The Labute approximate surface area is 106 Å². The fourth-order valence-electron chi connectivity index (χ4n) is 1.29. The summed E-state index contributed by atoms with van der Waals surface area (Å²) in [6.07, 6.45) is -1.37. The molecule has 0 radical (unpaired) electrons. The van der Waals surface area contributed by atoms with E-state index in [9.17, 15) is 15.0 Å². The number of hydrogen-bond donors (Lipinski definition) is 3. The second-order valence-corrected chi connectivity index (χ2v) is 5.20. The molecule has 90 valence electrons. The van der Waals surface area contributed by atoms with Crippen molar-refractivity contribution in [2.45, 2.75) is 25.0 Å². The van der Waals surface area contributed by atoms with Crippen molar-refractivity contribution in [3.05, 3.63) is 21.9 Å². The van der Waals surface area contributed by atoms with Gasteiger partial charge in [-0.2, -0.15) is 0 Å². The fraction of sp³-hybridized carbons (Fsp3) is 0.500. The maximum absolute atomic E-state index is 10.5. The number of carboxylic acid groups (broad SMARTS) is 1. The number of aliphatic hydroxyl groups is 2. The van der Waals surface area contributed by atoms with Gasteiger partial charge in [0, 0.05) is 10.2 Å². The molecule has 1 aromatic rings. The number of carboxylic acids is 1. The van der Waals surface area contributed by atoms with E-state index in [0.717, 1.165) is 0 Å². The van der Waals surface area contributed by atoms with Gasteiger partial charge < -0.3 is 15.3 Å². The van der Waals surface area contributed by atoms with Crippen LogP contribution in [0.25, 0.3) is 0 Å². The van der Waals surface area contributed by atoms with Crippen LogP contribution in [-0.2, 0) is 11.2 Å². The first-order chi connectivity index (χ1) is 7.54. The molecule has 1 rings (SSSR count). The normalized spacial score (nSPS) is 14.7. The number of aliphatic carboxylic acids is 1. The molecule has 0 amide bonds. The molecule has 2 atom stereocenters. The summed E-state index contributed by atoms with van der Waals surface area (Å²) < 4.78 is 0. The Bertz CT molecular complexity index is 352. The summed E-state index contributed by atoms with van der Waals surface area (Å²) in [4.78, 5) is 11.1.